The molecular weight excluding hydrogens is 300 g/mol. The zero-order valence-corrected chi connectivity index (χ0v) is 13.5. The molecule has 114 valence electrons. The van der Waals surface area contributed by atoms with Crippen LogP contribution >= 0.6 is 11.3 Å². The monoisotopic (exact) mass is 320 g/mol. The van der Waals surface area contributed by atoms with Gasteiger partial charge in [0.05, 0.1) is 5.56 Å². The van der Waals surface area contributed by atoms with Gasteiger partial charge in [-0.05, 0) is 26.6 Å². The number of carbonyl (C=O) groups is 1. The van der Waals surface area contributed by atoms with Gasteiger partial charge in [-0.15, -0.1) is 11.3 Å². The molecule has 0 radical (unpaired) electrons. The standard InChI is InChI=1S/C12H20N2O4S2/c1-4-5-14(7-6-13(2)3)20(17,18)11-8-10(9-19-11)12(15)16/h8-9H,4-7H2,1-3H3,(H,15,16). The maximum atomic E-state index is 12.5. The van der Waals surface area contributed by atoms with E-state index in [1.54, 1.807) is 0 Å². The van der Waals surface area contributed by atoms with Crippen molar-refractivity contribution in [3.63, 3.8) is 0 Å². The molecule has 1 aromatic heterocycles. The Balaban J connectivity index is 2.98. The molecule has 1 N–H and O–H groups in total. The second-order valence-electron chi connectivity index (χ2n) is 4.67. The maximum absolute atomic E-state index is 12.5. The lowest BCUT2D eigenvalue weighted by molar-refractivity contribution is 0.0697. The number of rotatable bonds is 8. The van der Waals surface area contributed by atoms with E-state index in [9.17, 15) is 13.2 Å². The Morgan fingerprint density at radius 2 is 1.95 bits per heavy atom. The minimum atomic E-state index is -3.61. The van der Waals surface area contributed by atoms with Crippen LogP contribution in [0.1, 0.15) is 23.7 Å². The van der Waals surface area contributed by atoms with Crippen molar-refractivity contribution in [3.05, 3.63) is 17.0 Å². The fraction of sp³-hybridized carbons (Fsp3) is 0.583. The summed E-state index contributed by atoms with van der Waals surface area (Å²) in [5, 5.41) is 10.2. The van der Waals surface area contributed by atoms with E-state index in [0.717, 1.165) is 11.3 Å². The first-order chi connectivity index (χ1) is 9.28. The van der Waals surface area contributed by atoms with Crippen molar-refractivity contribution in [2.24, 2.45) is 0 Å². The van der Waals surface area contributed by atoms with Crippen LogP contribution in [0.5, 0.6) is 0 Å². The molecule has 0 amide bonds. The summed E-state index contributed by atoms with van der Waals surface area (Å²) >= 11 is 0.949. The van der Waals surface area contributed by atoms with Gasteiger partial charge in [0.2, 0.25) is 0 Å². The Hall–Kier alpha value is -0.960. The fourth-order valence-electron chi connectivity index (χ4n) is 1.60. The van der Waals surface area contributed by atoms with Crippen LogP contribution in [0.25, 0.3) is 0 Å². The van der Waals surface area contributed by atoms with Gasteiger partial charge in [-0.3, -0.25) is 0 Å². The van der Waals surface area contributed by atoms with E-state index in [-0.39, 0.29) is 9.77 Å². The molecule has 0 spiro atoms. The number of nitrogens with zero attached hydrogens (tertiary/aromatic N) is 2. The van der Waals surface area contributed by atoms with Crippen molar-refractivity contribution < 1.29 is 18.3 Å². The Morgan fingerprint density at radius 1 is 1.30 bits per heavy atom. The van der Waals surface area contributed by atoms with Gasteiger partial charge in [0.1, 0.15) is 4.21 Å². The number of aromatic carboxylic acids is 1. The molecule has 8 heteroatoms. The Bertz CT molecular complexity index is 552. The summed E-state index contributed by atoms with van der Waals surface area (Å²) in [6.45, 7) is 3.35. The lowest BCUT2D eigenvalue weighted by Crippen LogP contribution is -2.36. The van der Waals surface area contributed by atoms with Crippen molar-refractivity contribution in [1.29, 1.82) is 0 Å². The average molecular weight is 320 g/mol. The normalized spacial score (nSPS) is 12.2. The first-order valence-corrected chi connectivity index (χ1v) is 8.57. The third kappa shape index (κ3) is 4.27. The van der Waals surface area contributed by atoms with E-state index in [4.69, 9.17) is 5.11 Å². The summed E-state index contributed by atoms with van der Waals surface area (Å²) in [6.07, 6.45) is 0.712. The molecule has 0 aliphatic rings. The minimum absolute atomic E-state index is 0.0117. The smallest absolute Gasteiger partial charge is 0.336 e. The molecule has 0 unspecified atom stereocenters. The van der Waals surface area contributed by atoms with Gasteiger partial charge in [-0.2, -0.15) is 4.31 Å². The average Bonchev–Trinajstić information content (AvgIpc) is 2.84. The number of hydrogen-bond donors (Lipinski definition) is 1. The Labute approximate surface area is 123 Å². The molecule has 20 heavy (non-hydrogen) atoms. The predicted octanol–water partition coefficient (Wildman–Crippen LogP) is 1.41. The quantitative estimate of drug-likeness (QED) is 0.783. The van der Waals surface area contributed by atoms with E-state index in [0.29, 0.717) is 26.1 Å². The van der Waals surface area contributed by atoms with Crippen molar-refractivity contribution in [1.82, 2.24) is 9.21 Å². The highest BCUT2D eigenvalue weighted by Crippen LogP contribution is 2.24. The molecule has 1 rings (SSSR count). The van der Waals surface area contributed by atoms with E-state index in [2.05, 4.69) is 0 Å². The second kappa shape index (κ2) is 7.16. The van der Waals surface area contributed by atoms with Gasteiger partial charge >= 0.3 is 5.97 Å². The molecule has 6 nitrogen and oxygen atoms in total. The first-order valence-electron chi connectivity index (χ1n) is 6.25. The van der Waals surface area contributed by atoms with Crippen LogP contribution in [-0.2, 0) is 10.0 Å². The molecule has 0 atom stereocenters. The van der Waals surface area contributed by atoms with Crippen LogP contribution < -0.4 is 0 Å². The molecule has 0 saturated heterocycles. The minimum Gasteiger partial charge on any atom is -0.478 e. The maximum Gasteiger partial charge on any atom is 0.336 e. The SMILES string of the molecule is CCCN(CCN(C)C)S(=O)(=O)c1cc(C(=O)O)cs1. The number of sulfonamides is 1. The van der Waals surface area contributed by atoms with Crippen molar-refractivity contribution >= 4 is 27.3 Å². The lowest BCUT2D eigenvalue weighted by atomic mass is 10.4. The van der Waals surface area contributed by atoms with E-state index in [1.807, 2.05) is 25.9 Å². The Morgan fingerprint density at radius 3 is 2.40 bits per heavy atom. The van der Waals surface area contributed by atoms with Crippen molar-refractivity contribution in [3.8, 4) is 0 Å². The number of thiophene rings is 1. The fourth-order valence-corrected chi connectivity index (χ4v) is 4.43. The zero-order valence-electron chi connectivity index (χ0n) is 11.9. The molecule has 0 aliphatic carbocycles. The summed E-state index contributed by atoms with van der Waals surface area (Å²) in [5.74, 6) is -1.11. The topological polar surface area (TPSA) is 77.9 Å². The van der Waals surface area contributed by atoms with Gasteiger partial charge in [-0.1, -0.05) is 6.92 Å². The molecule has 0 saturated carbocycles. The number of carboxylic acid groups (broad SMARTS) is 1. The zero-order chi connectivity index (χ0) is 15.3. The third-order valence-electron chi connectivity index (χ3n) is 2.69. The van der Waals surface area contributed by atoms with Crippen LogP contribution in [0.2, 0.25) is 0 Å². The van der Waals surface area contributed by atoms with Crippen LogP contribution in [0, 0.1) is 0 Å². The summed E-state index contributed by atoms with van der Waals surface area (Å²) in [4.78, 5) is 12.8. The molecule has 0 bridgehead atoms. The van der Waals surface area contributed by atoms with Crippen LogP contribution in [0.4, 0.5) is 0 Å². The van der Waals surface area contributed by atoms with Crippen molar-refractivity contribution in [2.75, 3.05) is 33.7 Å². The van der Waals surface area contributed by atoms with E-state index in [1.165, 1.54) is 15.8 Å². The highest BCUT2D eigenvalue weighted by Gasteiger charge is 2.26. The largest absolute Gasteiger partial charge is 0.478 e. The number of hydrogen-bond acceptors (Lipinski definition) is 5. The molecule has 0 aliphatic heterocycles. The molecule has 0 fully saturated rings. The summed E-state index contributed by atoms with van der Waals surface area (Å²) < 4.78 is 26.5. The molecule has 0 aromatic carbocycles. The highest BCUT2D eigenvalue weighted by molar-refractivity contribution is 7.91. The summed E-state index contributed by atoms with van der Waals surface area (Å²) in [5.41, 5.74) is 0.0117. The van der Waals surface area contributed by atoms with Crippen LogP contribution in [0.3, 0.4) is 0 Å². The van der Waals surface area contributed by atoms with Crippen LogP contribution in [-0.4, -0.2) is 62.4 Å². The predicted molar refractivity (Wildman–Crippen MR) is 78.9 cm³/mol. The van der Waals surface area contributed by atoms with Gasteiger partial charge in [0.25, 0.3) is 10.0 Å². The summed E-state index contributed by atoms with van der Waals surface area (Å²) in [7, 11) is 0.149. The van der Waals surface area contributed by atoms with E-state index >= 15 is 0 Å². The van der Waals surface area contributed by atoms with Crippen molar-refractivity contribution in [2.45, 2.75) is 17.6 Å². The molecular formula is C12H20N2O4S2. The lowest BCUT2D eigenvalue weighted by Gasteiger charge is -2.22. The van der Waals surface area contributed by atoms with Crippen LogP contribution in [0.15, 0.2) is 15.7 Å². The Kier molecular flexibility index (Phi) is 6.12. The van der Waals surface area contributed by atoms with Gasteiger partial charge in [0.15, 0.2) is 0 Å². The molecule has 1 heterocycles. The molecule has 1 aromatic rings. The third-order valence-corrected chi connectivity index (χ3v) is 6.00. The van der Waals surface area contributed by atoms with Gasteiger partial charge in [-0.25, -0.2) is 13.2 Å². The van der Waals surface area contributed by atoms with E-state index < -0.39 is 16.0 Å². The van der Waals surface area contributed by atoms with Gasteiger partial charge in [0, 0.05) is 25.0 Å². The second-order valence-corrected chi connectivity index (χ2v) is 7.74. The number of carboxylic acids is 1. The van der Waals surface area contributed by atoms with Gasteiger partial charge < -0.3 is 10.0 Å². The highest BCUT2D eigenvalue weighted by atomic mass is 32.2. The first kappa shape index (κ1) is 17.1. The number of likely N-dealkylation sites (N-methyl/N-ethyl adjacent to an activating group) is 1. The summed E-state index contributed by atoms with van der Waals surface area (Å²) in [6, 6.07) is 1.22.